The van der Waals surface area contributed by atoms with Gasteiger partial charge in [0.05, 0.1) is 10.0 Å². The summed E-state index contributed by atoms with van der Waals surface area (Å²) in [5.41, 5.74) is 4.44. The lowest BCUT2D eigenvalue weighted by Gasteiger charge is -2.49. The highest BCUT2D eigenvalue weighted by Crippen LogP contribution is 2.37. The first-order chi connectivity index (χ1) is 12.7. The van der Waals surface area contributed by atoms with Gasteiger partial charge in [-0.05, 0) is 62.1 Å². The maximum atomic E-state index is 9.29. The number of hydrogen-bond donors (Lipinski definition) is 1. The van der Waals surface area contributed by atoms with Crippen LogP contribution in [-0.2, 0) is 12.1 Å². The number of aliphatic hydroxyl groups is 1. The van der Waals surface area contributed by atoms with Gasteiger partial charge in [-0.2, -0.15) is 0 Å². The van der Waals surface area contributed by atoms with Crippen molar-refractivity contribution in [1.29, 1.82) is 0 Å². The van der Waals surface area contributed by atoms with Crippen LogP contribution < -0.4 is 4.74 Å². The molecule has 3 rings (SSSR count). The third kappa shape index (κ3) is 4.27. The van der Waals surface area contributed by atoms with Gasteiger partial charge in [0.25, 0.3) is 0 Å². The molecule has 0 unspecified atom stereocenters. The molecule has 1 saturated heterocycles. The molecule has 27 heavy (non-hydrogen) atoms. The van der Waals surface area contributed by atoms with E-state index < -0.39 is 0 Å². The minimum absolute atomic E-state index is 0.0660. The molecule has 1 heterocycles. The van der Waals surface area contributed by atoms with Crippen LogP contribution in [-0.4, -0.2) is 29.7 Å². The zero-order valence-corrected chi connectivity index (χ0v) is 17.9. The fraction of sp³-hybridized carbons (Fsp3) is 0.455. The fourth-order valence-electron chi connectivity index (χ4n) is 3.64. The number of likely N-dealkylation sites (tertiary alicyclic amines) is 1. The van der Waals surface area contributed by atoms with Crippen LogP contribution in [0.2, 0.25) is 10.0 Å². The van der Waals surface area contributed by atoms with Gasteiger partial charge in [-0.1, -0.05) is 41.4 Å². The van der Waals surface area contributed by atoms with Crippen molar-refractivity contribution in [1.82, 2.24) is 4.90 Å². The Hall–Kier alpha value is -1.26. The van der Waals surface area contributed by atoms with Crippen LogP contribution in [0.3, 0.4) is 0 Å². The molecule has 1 aliphatic heterocycles. The maximum absolute atomic E-state index is 9.29. The first-order valence-corrected chi connectivity index (χ1v) is 10.0. The van der Waals surface area contributed by atoms with Gasteiger partial charge in [-0.25, -0.2) is 0 Å². The zero-order valence-electron chi connectivity index (χ0n) is 16.4. The van der Waals surface area contributed by atoms with Crippen LogP contribution in [0.25, 0.3) is 0 Å². The molecule has 2 aromatic rings. The maximum Gasteiger partial charge on any atom is 0.125 e. The van der Waals surface area contributed by atoms with E-state index in [1.807, 2.05) is 12.1 Å². The van der Waals surface area contributed by atoms with E-state index in [2.05, 4.69) is 44.7 Å². The Bertz CT molecular complexity index is 806. The number of aliphatic hydroxyl groups excluding tert-OH is 1. The van der Waals surface area contributed by atoms with Crippen molar-refractivity contribution in [2.24, 2.45) is 5.92 Å². The highest BCUT2D eigenvalue weighted by Gasteiger charge is 2.38. The van der Waals surface area contributed by atoms with Crippen LogP contribution in [0.15, 0.2) is 30.3 Å². The molecule has 0 aliphatic carbocycles. The lowest BCUT2D eigenvalue weighted by Crippen LogP contribution is -2.56. The van der Waals surface area contributed by atoms with Gasteiger partial charge < -0.3 is 9.84 Å². The van der Waals surface area contributed by atoms with E-state index in [0.29, 0.717) is 22.6 Å². The Balaban J connectivity index is 1.75. The number of halogens is 2. The van der Waals surface area contributed by atoms with Crippen LogP contribution >= 0.6 is 23.2 Å². The minimum atomic E-state index is -0.0660. The van der Waals surface area contributed by atoms with Crippen LogP contribution in [0.4, 0.5) is 0 Å². The molecule has 1 N–H and O–H groups in total. The highest BCUT2D eigenvalue weighted by atomic mass is 35.5. The summed E-state index contributed by atoms with van der Waals surface area (Å²) in [7, 11) is 0. The predicted molar refractivity (Wildman–Crippen MR) is 112 cm³/mol. The number of hydrogen-bond acceptors (Lipinski definition) is 3. The van der Waals surface area contributed by atoms with Crippen LogP contribution in [0, 0.1) is 19.8 Å². The Labute approximate surface area is 171 Å². The molecule has 0 amide bonds. The number of ether oxygens (including phenoxy) is 1. The van der Waals surface area contributed by atoms with Crippen molar-refractivity contribution in [2.75, 3.05) is 19.7 Å². The summed E-state index contributed by atoms with van der Waals surface area (Å²) >= 11 is 12.1. The molecular formula is C22H27Cl2NO2. The van der Waals surface area contributed by atoms with E-state index >= 15 is 0 Å². The van der Waals surface area contributed by atoms with Crippen molar-refractivity contribution in [3.8, 4) is 5.75 Å². The van der Waals surface area contributed by atoms with E-state index in [-0.39, 0.29) is 12.1 Å². The van der Waals surface area contributed by atoms with Crippen LogP contribution in [0.1, 0.15) is 36.1 Å². The molecule has 1 fully saturated rings. The molecule has 146 valence electrons. The monoisotopic (exact) mass is 407 g/mol. The average Bonchev–Trinajstić information content (AvgIpc) is 2.56. The second-order valence-corrected chi connectivity index (χ2v) is 8.80. The number of nitrogens with zero attached hydrogens (tertiary/aromatic N) is 1. The smallest absolute Gasteiger partial charge is 0.125 e. The Kier molecular flexibility index (Phi) is 6.07. The second kappa shape index (κ2) is 8.00. The highest BCUT2D eigenvalue weighted by molar-refractivity contribution is 6.42. The number of aryl methyl sites for hydroxylation is 2. The molecule has 0 saturated carbocycles. The standard InChI is InChI=1S/C22H27Cl2NO2/c1-14-7-18(22(3,4)25-10-17(11-25)12-26)8-15(2)21(14)27-13-16-5-6-19(23)20(24)9-16/h5-9,17,26H,10-13H2,1-4H3. The Morgan fingerprint density at radius 3 is 2.26 bits per heavy atom. The molecule has 0 aromatic heterocycles. The summed E-state index contributed by atoms with van der Waals surface area (Å²) in [6.45, 7) is 11.3. The van der Waals surface area contributed by atoms with Gasteiger partial charge in [-0.15, -0.1) is 0 Å². The second-order valence-electron chi connectivity index (χ2n) is 7.99. The van der Waals surface area contributed by atoms with Gasteiger partial charge in [-0.3, -0.25) is 4.90 Å². The third-order valence-electron chi connectivity index (χ3n) is 5.54. The van der Waals surface area contributed by atoms with Crippen LogP contribution in [0.5, 0.6) is 5.75 Å². The largest absolute Gasteiger partial charge is 0.488 e. The normalized spacial score (nSPS) is 15.7. The lowest BCUT2D eigenvalue weighted by atomic mass is 9.84. The van der Waals surface area contributed by atoms with Gasteiger partial charge in [0.15, 0.2) is 0 Å². The minimum Gasteiger partial charge on any atom is -0.488 e. The summed E-state index contributed by atoms with van der Waals surface area (Å²) in [6, 6.07) is 9.98. The van der Waals surface area contributed by atoms with Gasteiger partial charge in [0.2, 0.25) is 0 Å². The SMILES string of the molecule is Cc1cc(C(C)(C)N2CC(CO)C2)cc(C)c1OCc1ccc(Cl)c(Cl)c1. The summed E-state index contributed by atoms with van der Waals surface area (Å²) in [5, 5.41) is 10.4. The lowest BCUT2D eigenvalue weighted by molar-refractivity contribution is -0.0216. The Morgan fingerprint density at radius 2 is 1.70 bits per heavy atom. The average molecular weight is 408 g/mol. The Morgan fingerprint density at radius 1 is 1.07 bits per heavy atom. The van der Waals surface area contributed by atoms with E-state index in [1.165, 1.54) is 5.56 Å². The molecule has 5 heteroatoms. The predicted octanol–water partition coefficient (Wildman–Crippen LogP) is 5.35. The van der Waals surface area contributed by atoms with Gasteiger partial charge >= 0.3 is 0 Å². The van der Waals surface area contributed by atoms with Crippen molar-refractivity contribution >= 4 is 23.2 Å². The fourth-order valence-corrected chi connectivity index (χ4v) is 3.96. The molecule has 1 aliphatic rings. The molecule has 0 atom stereocenters. The zero-order chi connectivity index (χ0) is 19.8. The van der Waals surface area contributed by atoms with Gasteiger partial charge in [0, 0.05) is 31.2 Å². The van der Waals surface area contributed by atoms with Crippen molar-refractivity contribution < 1.29 is 9.84 Å². The van der Waals surface area contributed by atoms with Crippen molar-refractivity contribution in [3.63, 3.8) is 0 Å². The van der Waals surface area contributed by atoms with E-state index in [1.54, 1.807) is 6.07 Å². The molecule has 0 spiro atoms. The summed E-state index contributed by atoms with van der Waals surface area (Å²) in [6.07, 6.45) is 0. The van der Waals surface area contributed by atoms with Crippen molar-refractivity contribution in [3.05, 3.63) is 62.6 Å². The van der Waals surface area contributed by atoms with E-state index in [4.69, 9.17) is 27.9 Å². The van der Waals surface area contributed by atoms with Crippen molar-refractivity contribution in [2.45, 2.75) is 39.8 Å². The third-order valence-corrected chi connectivity index (χ3v) is 6.28. The summed E-state index contributed by atoms with van der Waals surface area (Å²) < 4.78 is 6.10. The topological polar surface area (TPSA) is 32.7 Å². The first-order valence-electron chi connectivity index (χ1n) is 9.26. The van der Waals surface area contributed by atoms with Gasteiger partial charge in [0.1, 0.15) is 12.4 Å². The molecule has 2 aromatic carbocycles. The van der Waals surface area contributed by atoms with E-state index in [9.17, 15) is 5.11 Å². The molecule has 0 bridgehead atoms. The molecule has 0 radical (unpaired) electrons. The summed E-state index contributed by atoms with van der Waals surface area (Å²) in [4.78, 5) is 2.42. The quantitative estimate of drug-likeness (QED) is 0.700. The molecule has 3 nitrogen and oxygen atoms in total. The number of benzene rings is 2. The summed E-state index contributed by atoms with van der Waals surface area (Å²) in [5.74, 6) is 1.32. The molecular weight excluding hydrogens is 381 g/mol. The first kappa shape index (κ1) is 20.5. The number of rotatable bonds is 6. The van der Waals surface area contributed by atoms with E-state index in [0.717, 1.165) is 35.5 Å².